The zero-order valence-electron chi connectivity index (χ0n) is 20.4. The van der Waals surface area contributed by atoms with Crippen LogP contribution in [0.15, 0.2) is 60.9 Å². The number of carbonyl (C=O) groups is 2. The largest absolute Gasteiger partial charge is 0.497 e. The average molecular weight is 504 g/mol. The van der Waals surface area contributed by atoms with Gasteiger partial charge in [0.05, 0.1) is 24.4 Å². The molecule has 36 heavy (non-hydrogen) atoms. The van der Waals surface area contributed by atoms with Gasteiger partial charge < -0.3 is 14.0 Å². The molecular formula is C28H27FN3O3P. The summed E-state index contributed by atoms with van der Waals surface area (Å²) < 4.78 is 22.5. The van der Waals surface area contributed by atoms with Crippen LogP contribution in [0.4, 0.5) is 10.1 Å². The zero-order chi connectivity index (χ0) is 25.6. The number of carbonyl (C=O) groups excluding carboxylic acids is 2. The van der Waals surface area contributed by atoms with Gasteiger partial charge in [-0.15, -0.1) is 9.24 Å². The van der Waals surface area contributed by atoms with Crippen LogP contribution in [0.25, 0.3) is 5.65 Å². The Labute approximate surface area is 211 Å². The number of hydrogen-bond acceptors (Lipinski definition) is 4. The Bertz CT molecular complexity index is 1460. The van der Waals surface area contributed by atoms with E-state index in [4.69, 9.17) is 4.74 Å². The zero-order valence-corrected chi connectivity index (χ0v) is 21.5. The van der Waals surface area contributed by atoms with Gasteiger partial charge in [-0.05, 0) is 37.4 Å². The number of aromatic nitrogens is 2. The lowest BCUT2D eigenvalue weighted by Crippen LogP contribution is -2.28. The van der Waals surface area contributed by atoms with Gasteiger partial charge in [-0.1, -0.05) is 29.8 Å². The lowest BCUT2D eigenvalue weighted by atomic mass is 9.84. The Hall–Kier alpha value is -3.57. The quantitative estimate of drug-likeness (QED) is 0.285. The van der Waals surface area contributed by atoms with E-state index >= 15 is 4.39 Å². The van der Waals surface area contributed by atoms with E-state index < -0.39 is 17.7 Å². The van der Waals surface area contributed by atoms with Crippen molar-refractivity contribution in [2.45, 2.75) is 26.2 Å². The highest BCUT2D eigenvalue weighted by atomic mass is 31.0. The summed E-state index contributed by atoms with van der Waals surface area (Å²) in [6.07, 6.45) is 3.74. The number of nitrogens with zero attached hydrogens (tertiary/aromatic N) is 3. The number of ether oxygens (including phenoxy) is 1. The first-order valence-corrected chi connectivity index (χ1v) is 12.3. The summed E-state index contributed by atoms with van der Waals surface area (Å²) >= 11 is 0. The van der Waals surface area contributed by atoms with Crippen LogP contribution in [0.3, 0.4) is 0 Å². The van der Waals surface area contributed by atoms with Crippen LogP contribution in [-0.2, 0) is 4.79 Å². The molecular weight excluding hydrogens is 476 g/mol. The van der Waals surface area contributed by atoms with Gasteiger partial charge in [0.15, 0.2) is 11.4 Å². The van der Waals surface area contributed by atoms with Crippen molar-refractivity contribution in [1.82, 2.24) is 9.38 Å². The second kappa shape index (κ2) is 9.47. The number of hydrogen-bond donors (Lipinski definition) is 0. The molecule has 0 bridgehead atoms. The van der Waals surface area contributed by atoms with Crippen molar-refractivity contribution in [1.29, 1.82) is 0 Å². The van der Waals surface area contributed by atoms with Crippen LogP contribution in [0, 0.1) is 25.6 Å². The van der Waals surface area contributed by atoms with Crippen molar-refractivity contribution in [2.24, 2.45) is 5.92 Å². The van der Waals surface area contributed by atoms with Gasteiger partial charge in [0.25, 0.3) is 0 Å². The SMILES string of the molecule is COc1cc(F)c([C@@H]2CN(c3cccn4cc(C)nc34)C(=O)[C@H]2CC(=O)c2ccc(C)cc2)c(P)c1. The topological polar surface area (TPSA) is 63.9 Å². The first-order valence-electron chi connectivity index (χ1n) is 11.7. The number of fused-ring (bicyclic) bond motifs is 1. The minimum atomic E-state index is -0.725. The Morgan fingerprint density at radius 1 is 1.19 bits per heavy atom. The van der Waals surface area contributed by atoms with Crippen LogP contribution >= 0.6 is 9.24 Å². The number of pyridine rings is 1. The van der Waals surface area contributed by atoms with E-state index in [2.05, 4.69) is 14.2 Å². The predicted octanol–water partition coefficient (Wildman–Crippen LogP) is 4.62. The monoisotopic (exact) mass is 503 g/mol. The Kier molecular flexibility index (Phi) is 6.35. The molecule has 0 aliphatic carbocycles. The Morgan fingerprint density at radius 3 is 2.64 bits per heavy atom. The summed E-state index contributed by atoms with van der Waals surface area (Å²) in [4.78, 5) is 33.4. The minimum Gasteiger partial charge on any atom is -0.497 e. The van der Waals surface area contributed by atoms with Gasteiger partial charge >= 0.3 is 0 Å². The molecule has 2 aromatic carbocycles. The fourth-order valence-corrected chi connectivity index (χ4v) is 5.55. The number of benzene rings is 2. The molecule has 184 valence electrons. The molecule has 0 spiro atoms. The number of methoxy groups -OCH3 is 1. The predicted molar refractivity (Wildman–Crippen MR) is 141 cm³/mol. The molecule has 1 amide bonds. The third-order valence-electron chi connectivity index (χ3n) is 6.84. The third kappa shape index (κ3) is 4.28. The van der Waals surface area contributed by atoms with E-state index in [1.807, 2.05) is 54.9 Å². The Morgan fingerprint density at radius 2 is 1.94 bits per heavy atom. The van der Waals surface area contributed by atoms with Crippen LogP contribution in [0.1, 0.15) is 39.5 Å². The molecule has 1 aliphatic rings. The first kappa shape index (κ1) is 24.1. The number of Topliss-reactive ketones (excluding diaryl/α,β-unsaturated/α-hetero) is 1. The average Bonchev–Trinajstić information content (AvgIpc) is 3.38. The molecule has 3 atom stereocenters. The Balaban J connectivity index is 1.58. The molecule has 1 fully saturated rings. The van der Waals surface area contributed by atoms with Crippen LogP contribution in [-0.4, -0.2) is 34.7 Å². The smallest absolute Gasteiger partial charge is 0.231 e. The van der Waals surface area contributed by atoms with Crippen molar-refractivity contribution < 1.29 is 18.7 Å². The molecule has 0 radical (unpaired) electrons. The van der Waals surface area contributed by atoms with Crippen molar-refractivity contribution in [3.63, 3.8) is 0 Å². The number of aryl methyl sites for hydroxylation is 2. The van der Waals surface area contributed by atoms with Crippen LogP contribution in [0.5, 0.6) is 5.75 Å². The number of halogens is 1. The minimum absolute atomic E-state index is 0.0186. The van der Waals surface area contributed by atoms with Gasteiger partial charge in [-0.2, -0.15) is 0 Å². The van der Waals surface area contributed by atoms with Crippen molar-refractivity contribution in [3.8, 4) is 5.75 Å². The number of imidazole rings is 1. The molecule has 8 heteroatoms. The maximum Gasteiger partial charge on any atom is 0.231 e. The number of anilines is 1. The molecule has 1 saturated heterocycles. The molecule has 5 rings (SSSR count). The van der Waals surface area contributed by atoms with Gasteiger partial charge in [0.2, 0.25) is 5.91 Å². The van der Waals surface area contributed by atoms with Gasteiger partial charge in [-0.25, -0.2) is 9.37 Å². The highest BCUT2D eigenvalue weighted by Crippen LogP contribution is 2.41. The van der Waals surface area contributed by atoms with E-state index in [1.54, 1.807) is 23.1 Å². The lowest BCUT2D eigenvalue weighted by Gasteiger charge is -2.20. The molecule has 0 saturated carbocycles. The van der Waals surface area contributed by atoms with Crippen molar-refractivity contribution in [3.05, 3.63) is 89.1 Å². The van der Waals surface area contributed by atoms with E-state index in [0.29, 0.717) is 33.5 Å². The highest BCUT2D eigenvalue weighted by Gasteiger charge is 2.45. The van der Waals surface area contributed by atoms with E-state index in [9.17, 15) is 9.59 Å². The molecule has 6 nitrogen and oxygen atoms in total. The normalized spacial score (nSPS) is 17.7. The molecule has 4 aromatic rings. The standard InChI is InChI=1S/C28H27FN3O3P/c1-16-6-8-18(9-7-16)24(33)13-20-21(26-22(29)11-19(35-3)12-25(26)36)15-32(28(20)34)23-5-4-10-31-14-17(2)30-27(23)31/h4-12,14,20-21H,13,15,36H2,1-3H3/t20-,21+/m0/s1. The van der Waals surface area contributed by atoms with E-state index in [0.717, 1.165) is 11.3 Å². The lowest BCUT2D eigenvalue weighted by molar-refractivity contribution is -0.120. The first-order chi connectivity index (χ1) is 17.3. The summed E-state index contributed by atoms with van der Waals surface area (Å²) in [5.41, 5.74) is 4.11. The summed E-state index contributed by atoms with van der Waals surface area (Å²) in [5, 5.41) is 0.606. The summed E-state index contributed by atoms with van der Waals surface area (Å²) in [6, 6.07) is 14.0. The molecule has 1 unspecified atom stereocenters. The fourth-order valence-electron chi connectivity index (χ4n) is 5.04. The van der Waals surface area contributed by atoms with Gasteiger partial charge in [0.1, 0.15) is 11.6 Å². The number of ketones is 1. The molecule has 0 N–H and O–H groups in total. The van der Waals surface area contributed by atoms with E-state index in [1.165, 1.54) is 13.2 Å². The van der Waals surface area contributed by atoms with Crippen molar-refractivity contribution in [2.75, 3.05) is 18.6 Å². The molecule has 3 heterocycles. The molecule has 2 aromatic heterocycles. The van der Waals surface area contributed by atoms with E-state index in [-0.39, 0.29) is 24.7 Å². The van der Waals surface area contributed by atoms with Gasteiger partial charge in [0, 0.05) is 48.5 Å². The fraction of sp³-hybridized carbons (Fsp3) is 0.250. The van der Waals surface area contributed by atoms with Crippen LogP contribution < -0.4 is 14.9 Å². The third-order valence-corrected chi connectivity index (χ3v) is 7.32. The van der Waals surface area contributed by atoms with Gasteiger partial charge in [-0.3, -0.25) is 9.59 Å². The second-order valence-corrected chi connectivity index (χ2v) is 9.90. The molecule has 1 aliphatic heterocycles. The summed E-state index contributed by atoms with van der Waals surface area (Å²) in [7, 11) is 4.04. The maximum absolute atomic E-state index is 15.4. The summed E-state index contributed by atoms with van der Waals surface area (Å²) in [5.74, 6) is -1.67. The number of rotatable bonds is 6. The van der Waals surface area contributed by atoms with Crippen molar-refractivity contribution >= 4 is 37.6 Å². The van der Waals surface area contributed by atoms with Crippen LogP contribution in [0.2, 0.25) is 0 Å². The highest BCUT2D eigenvalue weighted by molar-refractivity contribution is 7.27. The maximum atomic E-state index is 15.4. The second-order valence-electron chi connectivity index (χ2n) is 9.27. The number of amides is 1. The summed E-state index contributed by atoms with van der Waals surface area (Å²) in [6.45, 7) is 4.08.